The molecule has 2 aliphatic rings. The van der Waals surface area contributed by atoms with Gasteiger partial charge in [-0.25, -0.2) is 9.97 Å². The van der Waals surface area contributed by atoms with Crippen LogP contribution in [0, 0.1) is 0 Å². The first-order chi connectivity index (χ1) is 15.6. The van der Waals surface area contributed by atoms with Gasteiger partial charge in [0.2, 0.25) is 5.95 Å². The molecule has 1 saturated carbocycles. The summed E-state index contributed by atoms with van der Waals surface area (Å²) in [5.41, 5.74) is 3.02. The Morgan fingerprint density at radius 2 is 1.72 bits per heavy atom. The summed E-state index contributed by atoms with van der Waals surface area (Å²) < 4.78 is 6.27. The van der Waals surface area contributed by atoms with E-state index in [1.165, 1.54) is 5.69 Å². The molecular weight excluding hydrogens is 402 g/mol. The third-order valence-electron chi connectivity index (χ3n) is 6.50. The number of likely N-dealkylation sites (N-methyl/N-ethyl adjacent to an activating group) is 1. The molecule has 2 heterocycles. The van der Waals surface area contributed by atoms with Crippen LogP contribution in [0.15, 0.2) is 48.7 Å². The third-order valence-corrected chi connectivity index (χ3v) is 6.50. The Kier molecular flexibility index (Phi) is 6.10. The summed E-state index contributed by atoms with van der Waals surface area (Å²) in [6.45, 7) is 4.30. The molecule has 0 spiro atoms. The Hall–Kier alpha value is -2.90. The molecule has 0 radical (unpaired) electrons. The summed E-state index contributed by atoms with van der Waals surface area (Å²) in [6, 6.07) is 14.4. The number of aliphatic hydroxyl groups excluding tert-OH is 1. The minimum absolute atomic E-state index is 0.123. The van der Waals surface area contributed by atoms with Gasteiger partial charge in [0.25, 0.3) is 0 Å². The van der Waals surface area contributed by atoms with Crippen molar-refractivity contribution in [2.24, 2.45) is 0 Å². The molecule has 3 aromatic rings. The van der Waals surface area contributed by atoms with Crippen molar-refractivity contribution in [3.8, 4) is 5.75 Å². The summed E-state index contributed by atoms with van der Waals surface area (Å²) in [7, 11) is 2.17. The molecule has 2 aromatic carbocycles. The van der Waals surface area contributed by atoms with Crippen molar-refractivity contribution in [1.29, 1.82) is 0 Å². The number of nitrogens with zero attached hydrogens (tertiary/aromatic N) is 4. The number of aliphatic hydroxyl groups is 1. The summed E-state index contributed by atoms with van der Waals surface area (Å²) in [5.74, 6) is 1.33. The summed E-state index contributed by atoms with van der Waals surface area (Å²) in [4.78, 5) is 14.0. The molecule has 7 nitrogen and oxygen atoms in total. The Bertz CT molecular complexity index is 1040. The summed E-state index contributed by atoms with van der Waals surface area (Å²) in [6.07, 6.45) is 5.09. The molecule has 2 N–H and O–H groups in total. The molecule has 1 aliphatic carbocycles. The van der Waals surface area contributed by atoms with E-state index in [1.807, 2.05) is 24.4 Å². The van der Waals surface area contributed by atoms with E-state index in [4.69, 9.17) is 9.72 Å². The van der Waals surface area contributed by atoms with Gasteiger partial charge in [-0.15, -0.1) is 0 Å². The van der Waals surface area contributed by atoms with Crippen LogP contribution in [0.25, 0.3) is 10.9 Å². The second kappa shape index (κ2) is 9.30. The van der Waals surface area contributed by atoms with Crippen molar-refractivity contribution in [3.05, 3.63) is 48.7 Å². The lowest BCUT2D eigenvalue weighted by atomic mass is 9.95. The maximum atomic E-state index is 9.75. The number of rotatable bonds is 5. The minimum Gasteiger partial charge on any atom is -0.488 e. The highest BCUT2D eigenvalue weighted by Crippen LogP contribution is 2.30. The zero-order valence-electron chi connectivity index (χ0n) is 18.6. The predicted molar refractivity (Wildman–Crippen MR) is 128 cm³/mol. The van der Waals surface area contributed by atoms with Gasteiger partial charge in [-0.05, 0) is 63.1 Å². The lowest BCUT2D eigenvalue weighted by molar-refractivity contribution is 0.0672. The number of nitrogens with one attached hydrogen (secondary N) is 1. The van der Waals surface area contributed by atoms with E-state index in [2.05, 4.69) is 51.4 Å². The Morgan fingerprint density at radius 1 is 0.969 bits per heavy atom. The fourth-order valence-corrected chi connectivity index (χ4v) is 4.48. The smallest absolute Gasteiger partial charge is 0.227 e. The van der Waals surface area contributed by atoms with Gasteiger partial charge in [0.05, 0.1) is 12.2 Å². The molecule has 7 heteroatoms. The Balaban J connectivity index is 1.30. The fourth-order valence-electron chi connectivity index (χ4n) is 4.48. The third kappa shape index (κ3) is 4.79. The van der Waals surface area contributed by atoms with Crippen LogP contribution in [-0.2, 0) is 0 Å². The van der Waals surface area contributed by atoms with Crippen LogP contribution < -0.4 is 15.0 Å². The average Bonchev–Trinajstić information content (AvgIpc) is 2.82. The zero-order valence-corrected chi connectivity index (χ0v) is 18.6. The highest BCUT2D eigenvalue weighted by molar-refractivity contribution is 5.85. The molecule has 0 bridgehead atoms. The standard InChI is InChI=1S/C25H31N5O2/c1-29-13-15-30(16-14-29)20-7-5-19(6-8-20)27-25-26-17-18-3-2-4-23(24(18)28-25)32-22-11-9-21(31)10-12-22/h2-8,17,21-22,31H,9-16H2,1H3,(H,26,27,28). The number of aromatic nitrogens is 2. The molecule has 0 atom stereocenters. The monoisotopic (exact) mass is 433 g/mol. The molecule has 0 unspecified atom stereocenters. The van der Waals surface area contributed by atoms with E-state index in [-0.39, 0.29) is 12.2 Å². The molecule has 5 rings (SSSR count). The quantitative estimate of drug-likeness (QED) is 0.634. The van der Waals surface area contributed by atoms with E-state index in [0.29, 0.717) is 5.95 Å². The van der Waals surface area contributed by atoms with E-state index in [0.717, 1.165) is 74.2 Å². The second-order valence-corrected chi connectivity index (χ2v) is 8.90. The number of benzene rings is 2. The number of fused-ring (bicyclic) bond motifs is 1. The number of ether oxygens (including phenoxy) is 1. The van der Waals surface area contributed by atoms with Gasteiger partial charge in [0, 0.05) is 49.1 Å². The number of hydrogen-bond donors (Lipinski definition) is 2. The van der Waals surface area contributed by atoms with Crippen LogP contribution in [0.3, 0.4) is 0 Å². The first-order valence-electron chi connectivity index (χ1n) is 11.5. The number of piperazine rings is 1. The SMILES string of the molecule is CN1CCN(c2ccc(Nc3ncc4cccc(OC5CCC(O)CC5)c4n3)cc2)CC1. The molecule has 1 saturated heterocycles. The second-order valence-electron chi connectivity index (χ2n) is 8.90. The van der Waals surface area contributed by atoms with Gasteiger partial charge < -0.3 is 25.0 Å². The number of para-hydroxylation sites is 1. The van der Waals surface area contributed by atoms with Gasteiger partial charge >= 0.3 is 0 Å². The molecule has 168 valence electrons. The first kappa shape index (κ1) is 21.0. The summed E-state index contributed by atoms with van der Waals surface area (Å²) >= 11 is 0. The number of anilines is 3. The van der Waals surface area contributed by atoms with Gasteiger partial charge in [0.15, 0.2) is 0 Å². The topological polar surface area (TPSA) is 73.8 Å². The van der Waals surface area contributed by atoms with Crippen LogP contribution in [-0.4, -0.2) is 65.4 Å². The number of hydrogen-bond acceptors (Lipinski definition) is 7. The van der Waals surface area contributed by atoms with Gasteiger partial charge in [-0.3, -0.25) is 0 Å². The predicted octanol–water partition coefficient (Wildman–Crippen LogP) is 3.81. The van der Waals surface area contributed by atoms with Gasteiger partial charge in [-0.2, -0.15) is 0 Å². The lowest BCUT2D eigenvalue weighted by Gasteiger charge is -2.34. The van der Waals surface area contributed by atoms with Crippen LogP contribution in [0.5, 0.6) is 5.75 Å². The van der Waals surface area contributed by atoms with Crippen molar-refractivity contribution in [3.63, 3.8) is 0 Å². The summed E-state index contributed by atoms with van der Waals surface area (Å²) in [5, 5.41) is 14.0. The molecule has 32 heavy (non-hydrogen) atoms. The Labute approximate surface area is 189 Å². The van der Waals surface area contributed by atoms with Crippen LogP contribution in [0.1, 0.15) is 25.7 Å². The van der Waals surface area contributed by atoms with E-state index in [1.54, 1.807) is 0 Å². The minimum atomic E-state index is -0.192. The first-order valence-corrected chi connectivity index (χ1v) is 11.5. The highest BCUT2D eigenvalue weighted by Gasteiger charge is 2.21. The van der Waals surface area contributed by atoms with Crippen LogP contribution >= 0.6 is 0 Å². The Morgan fingerprint density at radius 3 is 2.47 bits per heavy atom. The zero-order chi connectivity index (χ0) is 21.9. The van der Waals surface area contributed by atoms with Gasteiger partial charge in [0.1, 0.15) is 11.3 Å². The molecule has 1 aliphatic heterocycles. The normalized spacial score (nSPS) is 22.1. The lowest BCUT2D eigenvalue weighted by Crippen LogP contribution is -2.44. The van der Waals surface area contributed by atoms with Crippen molar-refractivity contribution in [2.75, 3.05) is 43.4 Å². The van der Waals surface area contributed by atoms with Crippen LogP contribution in [0.2, 0.25) is 0 Å². The molecule has 1 aromatic heterocycles. The maximum Gasteiger partial charge on any atom is 0.227 e. The maximum absolute atomic E-state index is 9.75. The molecule has 0 amide bonds. The van der Waals surface area contributed by atoms with Crippen molar-refractivity contribution >= 4 is 28.2 Å². The van der Waals surface area contributed by atoms with Crippen molar-refractivity contribution < 1.29 is 9.84 Å². The fraction of sp³-hybridized carbons (Fsp3) is 0.440. The van der Waals surface area contributed by atoms with E-state index < -0.39 is 0 Å². The highest BCUT2D eigenvalue weighted by atomic mass is 16.5. The van der Waals surface area contributed by atoms with E-state index in [9.17, 15) is 5.11 Å². The van der Waals surface area contributed by atoms with E-state index >= 15 is 0 Å². The molecular formula is C25H31N5O2. The van der Waals surface area contributed by atoms with Crippen LogP contribution in [0.4, 0.5) is 17.3 Å². The largest absolute Gasteiger partial charge is 0.488 e. The van der Waals surface area contributed by atoms with Gasteiger partial charge in [-0.1, -0.05) is 12.1 Å². The van der Waals surface area contributed by atoms with Crippen molar-refractivity contribution in [1.82, 2.24) is 14.9 Å². The van der Waals surface area contributed by atoms with Crippen molar-refractivity contribution in [2.45, 2.75) is 37.9 Å². The molecule has 2 fully saturated rings. The average molecular weight is 434 g/mol.